The average molecular weight is 399 g/mol. The maximum absolute atomic E-state index is 13.2. The molecule has 29 heavy (non-hydrogen) atoms. The van der Waals surface area contributed by atoms with Crippen LogP contribution in [0.25, 0.3) is 0 Å². The highest BCUT2D eigenvalue weighted by Gasteiger charge is 2.33. The van der Waals surface area contributed by atoms with Crippen LogP contribution in [0.2, 0.25) is 0 Å². The van der Waals surface area contributed by atoms with E-state index in [2.05, 4.69) is 31.9 Å². The van der Waals surface area contributed by atoms with Gasteiger partial charge in [0.05, 0.1) is 12.8 Å². The van der Waals surface area contributed by atoms with E-state index in [-0.39, 0.29) is 24.2 Å². The Kier molecular flexibility index (Phi) is 5.54. The molecule has 1 fully saturated rings. The van der Waals surface area contributed by atoms with E-state index in [0.717, 1.165) is 49.4 Å². The summed E-state index contributed by atoms with van der Waals surface area (Å²) in [6.45, 7) is 6.57. The number of piperidine rings is 1. The maximum Gasteiger partial charge on any atom is 0.261 e. The molecule has 1 saturated heterocycles. The van der Waals surface area contributed by atoms with Crippen molar-refractivity contribution in [1.29, 1.82) is 0 Å². The summed E-state index contributed by atoms with van der Waals surface area (Å²) < 4.78 is 17.5. The van der Waals surface area contributed by atoms with Crippen LogP contribution < -0.4 is 9.47 Å². The first-order chi connectivity index (χ1) is 13.9. The summed E-state index contributed by atoms with van der Waals surface area (Å²) in [6.07, 6.45) is 4.41. The van der Waals surface area contributed by atoms with Crippen LogP contribution in [-0.2, 0) is 17.8 Å². The normalized spacial score (nSPS) is 18.9. The summed E-state index contributed by atoms with van der Waals surface area (Å²) in [4.78, 5) is 17.4. The van der Waals surface area contributed by atoms with Gasteiger partial charge in [-0.2, -0.15) is 0 Å². The number of likely N-dealkylation sites (tertiary alicyclic amines) is 1. The lowest BCUT2D eigenvalue weighted by Crippen LogP contribution is -2.47. The van der Waals surface area contributed by atoms with Crippen LogP contribution in [0.3, 0.4) is 0 Å². The highest BCUT2D eigenvalue weighted by Crippen LogP contribution is 2.41. The lowest BCUT2D eigenvalue weighted by molar-refractivity contribution is -0.137. The molecule has 6 nitrogen and oxygen atoms in total. The molecule has 0 radical (unpaired) electrons. The Bertz CT molecular complexity index is 839. The first kappa shape index (κ1) is 19.8. The maximum atomic E-state index is 13.2. The van der Waals surface area contributed by atoms with Gasteiger partial charge in [-0.3, -0.25) is 4.79 Å². The fraction of sp³-hybridized carbons (Fsp3) is 0.522. The number of carbonyl (C=O) groups excluding carboxylic acids is 1. The van der Waals surface area contributed by atoms with Crippen molar-refractivity contribution in [3.05, 3.63) is 47.9 Å². The van der Waals surface area contributed by atoms with E-state index in [1.54, 1.807) is 6.26 Å². The number of hydrogen-bond acceptors (Lipinski definition) is 5. The number of ether oxygens (including phenoxy) is 2. The Morgan fingerprint density at radius 2 is 2.03 bits per heavy atom. The van der Waals surface area contributed by atoms with Crippen molar-refractivity contribution in [1.82, 2.24) is 9.80 Å². The Morgan fingerprint density at radius 1 is 1.24 bits per heavy atom. The van der Waals surface area contributed by atoms with Crippen molar-refractivity contribution in [3.63, 3.8) is 0 Å². The van der Waals surface area contributed by atoms with E-state index in [0.29, 0.717) is 12.3 Å². The molecular weight excluding hydrogens is 368 g/mol. The Hall–Kier alpha value is -2.47. The second kappa shape index (κ2) is 8.11. The molecule has 1 aromatic carbocycles. The minimum absolute atomic E-state index is 0.00666. The van der Waals surface area contributed by atoms with E-state index in [4.69, 9.17) is 13.9 Å². The standard InChI is InChI=1S/C23H30N2O4/c1-23(2)14-17-6-4-8-20(22(17)29-23)28-16-21(26)25(15-19-7-5-13-27-19)18-9-11-24(3)12-10-18/h4-8,13,18H,9-12,14-16H2,1-3H3. The molecule has 0 spiro atoms. The van der Waals surface area contributed by atoms with Gasteiger partial charge in [0.15, 0.2) is 18.1 Å². The average Bonchev–Trinajstić information content (AvgIpc) is 3.31. The molecule has 3 heterocycles. The van der Waals surface area contributed by atoms with Gasteiger partial charge in [-0.15, -0.1) is 0 Å². The van der Waals surface area contributed by atoms with E-state index < -0.39 is 0 Å². The summed E-state index contributed by atoms with van der Waals surface area (Å²) in [5.74, 6) is 2.18. The third-order valence-electron chi connectivity index (χ3n) is 5.76. The van der Waals surface area contributed by atoms with Gasteiger partial charge in [-0.05, 0) is 65.0 Å². The van der Waals surface area contributed by atoms with Gasteiger partial charge in [0.25, 0.3) is 5.91 Å². The molecule has 4 rings (SSSR count). The van der Waals surface area contributed by atoms with Crippen molar-refractivity contribution in [2.24, 2.45) is 0 Å². The predicted octanol–water partition coefficient (Wildman–Crippen LogP) is 3.49. The van der Waals surface area contributed by atoms with Crippen LogP contribution in [0.4, 0.5) is 0 Å². The Labute approximate surface area is 172 Å². The summed E-state index contributed by atoms with van der Waals surface area (Å²) in [5.41, 5.74) is 0.883. The molecule has 156 valence electrons. The number of benzene rings is 1. The molecule has 0 unspecified atom stereocenters. The van der Waals surface area contributed by atoms with Crippen LogP contribution in [0.15, 0.2) is 41.0 Å². The molecule has 0 bridgehead atoms. The van der Waals surface area contributed by atoms with E-state index in [1.165, 1.54) is 0 Å². The minimum Gasteiger partial charge on any atom is -0.483 e. The van der Waals surface area contributed by atoms with E-state index >= 15 is 0 Å². The quantitative estimate of drug-likeness (QED) is 0.746. The smallest absolute Gasteiger partial charge is 0.261 e. The lowest BCUT2D eigenvalue weighted by Gasteiger charge is -2.37. The minimum atomic E-state index is -0.245. The molecule has 0 N–H and O–H groups in total. The number of para-hydroxylation sites is 1. The molecule has 0 saturated carbocycles. The second-order valence-corrected chi connectivity index (χ2v) is 8.71. The number of carbonyl (C=O) groups is 1. The van der Waals surface area contributed by atoms with E-state index in [9.17, 15) is 4.79 Å². The number of hydrogen-bond donors (Lipinski definition) is 0. The largest absolute Gasteiger partial charge is 0.483 e. The molecule has 0 atom stereocenters. The van der Waals surface area contributed by atoms with Crippen molar-refractivity contribution < 1.29 is 18.7 Å². The molecule has 6 heteroatoms. The van der Waals surface area contributed by atoms with Crippen molar-refractivity contribution in [3.8, 4) is 11.5 Å². The number of furan rings is 1. The van der Waals surface area contributed by atoms with Crippen molar-refractivity contribution in [2.75, 3.05) is 26.7 Å². The fourth-order valence-electron chi connectivity index (χ4n) is 4.22. The summed E-state index contributed by atoms with van der Waals surface area (Å²) >= 11 is 0. The molecule has 2 aliphatic rings. The van der Waals surface area contributed by atoms with Crippen LogP contribution in [0.1, 0.15) is 38.0 Å². The lowest BCUT2D eigenvalue weighted by atomic mass is 10.0. The van der Waals surface area contributed by atoms with Gasteiger partial charge in [0.1, 0.15) is 11.4 Å². The van der Waals surface area contributed by atoms with Gasteiger partial charge in [-0.1, -0.05) is 12.1 Å². The van der Waals surface area contributed by atoms with Gasteiger partial charge < -0.3 is 23.7 Å². The predicted molar refractivity (Wildman–Crippen MR) is 110 cm³/mol. The monoisotopic (exact) mass is 398 g/mol. The number of rotatable bonds is 6. The van der Waals surface area contributed by atoms with Crippen LogP contribution >= 0.6 is 0 Å². The summed E-state index contributed by atoms with van der Waals surface area (Å²) in [7, 11) is 2.12. The fourth-order valence-corrected chi connectivity index (χ4v) is 4.22. The molecule has 1 amide bonds. The summed E-state index contributed by atoms with van der Waals surface area (Å²) in [6, 6.07) is 9.86. The molecule has 2 aromatic rings. The topological polar surface area (TPSA) is 55.2 Å². The van der Waals surface area contributed by atoms with Crippen LogP contribution in [0, 0.1) is 0 Å². The molecule has 1 aromatic heterocycles. The Morgan fingerprint density at radius 3 is 2.76 bits per heavy atom. The zero-order valence-corrected chi connectivity index (χ0v) is 17.5. The second-order valence-electron chi connectivity index (χ2n) is 8.71. The SMILES string of the molecule is CN1CCC(N(Cc2ccco2)C(=O)COc2cccc3c2OC(C)(C)C3)CC1. The molecule has 0 aliphatic carbocycles. The van der Waals surface area contributed by atoms with Gasteiger partial charge in [0, 0.05) is 18.0 Å². The third-order valence-corrected chi connectivity index (χ3v) is 5.76. The molecule has 2 aliphatic heterocycles. The summed E-state index contributed by atoms with van der Waals surface area (Å²) in [5, 5.41) is 0. The zero-order chi connectivity index (χ0) is 20.4. The van der Waals surface area contributed by atoms with Crippen molar-refractivity contribution in [2.45, 2.75) is 51.3 Å². The van der Waals surface area contributed by atoms with Gasteiger partial charge >= 0.3 is 0 Å². The zero-order valence-electron chi connectivity index (χ0n) is 17.5. The van der Waals surface area contributed by atoms with E-state index in [1.807, 2.05) is 29.2 Å². The Balaban J connectivity index is 1.45. The van der Waals surface area contributed by atoms with Gasteiger partial charge in [0.2, 0.25) is 0 Å². The first-order valence-electron chi connectivity index (χ1n) is 10.4. The first-order valence-corrected chi connectivity index (χ1v) is 10.4. The number of fused-ring (bicyclic) bond motifs is 1. The highest BCUT2D eigenvalue weighted by molar-refractivity contribution is 5.78. The highest BCUT2D eigenvalue weighted by atomic mass is 16.5. The number of nitrogens with zero attached hydrogens (tertiary/aromatic N) is 2. The van der Waals surface area contributed by atoms with Gasteiger partial charge in [-0.25, -0.2) is 0 Å². The van der Waals surface area contributed by atoms with Crippen molar-refractivity contribution >= 4 is 5.91 Å². The molecular formula is C23H30N2O4. The number of amides is 1. The van der Waals surface area contributed by atoms with Crippen LogP contribution in [0.5, 0.6) is 11.5 Å². The van der Waals surface area contributed by atoms with Crippen LogP contribution in [-0.4, -0.2) is 54.1 Å². The third kappa shape index (κ3) is 4.58.